The molecule has 0 unspecified atom stereocenters. The number of aryl methyl sites for hydroxylation is 2. The monoisotopic (exact) mass is 724 g/mol. The zero-order valence-corrected chi connectivity index (χ0v) is 31.8. The van der Waals surface area contributed by atoms with E-state index in [1.807, 2.05) is 26.3 Å². The molecule has 4 heterocycles. The van der Waals surface area contributed by atoms with Crippen LogP contribution >= 0.6 is 0 Å². The van der Waals surface area contributed by atoms with Crippen molar-refractivity contribution in [1.82, 2.24) is 18.3 Å². The Hall–Kier alpha value is -7.18. The maximum absolute atomic E-state index is 4.64. The Labute approximate surface area is 325 Å². The van der Waals surface area contributed by atoms with Crippen molar-refractivity contribution in [2.45, 2.75) is 13.8 Å². The standard InChI is InChI=1S/C50H40N6/c1-5-51-49-28-37(31-53(49)3)34-23-33(24-35(25-34)38-29-50(52-6-2)54(4)32-38)36-26-39(55-45-19-11-7-15-41(45)42-16-8-12-20-46(42)55)30-40(27-36)56-47-21-13-9-17-43(47)44-18-10-14-22-48(44)56/h5-32H,1-4H3/b51-5-,52-6-. The lowest BCUT2D eigenvalue weighted by molar-refractivity contribution is 0.927. The molecule has 6 nitrogen and oxygen atoms in total. The summed E-state index contributed by atoms with van der Waals surface area (Å²) >= 11 is 0. The van der Waals surface area contributed by atoms with Crippen molar-refractivity contribution in [2.24, 2.45) is 24.1 Å². The molecule has 0 spiro atoms. The molecule has 6 heteroatoms. The Balaban J connectivity index is 1.29. The Morgan fingerprint density at radius 3 is 1.05 bits per heavy atom. The van der Waals surface area contributed by atoms with E-state index in [2.05, 4.69) is 200 Å². The highest BCUT2D eigenvalue weighted by atomic mass is 15.0. The van der Waals surface area contributed by atoms with Crippen molar-refractivity contribution in [3.05, 3.63) is 158 Å². The normalized spacial score (nSPS) is 12.1. The molecule has 10 rings (SSSR count). The van der Waals surface area contributed by atoms with Gasteiger partial charge in [0, 0.05) is 83.0 Å². The minimum Gasteiger partial charge on any atom is -0.335 e. The third-order valence-electron chi connectivity index (χ3n) is 11.0. The minimum atomic E-state index is 0.913. The first-order valence-corrected chi connectivity index (χ1v) is 19.1. The molecule has 0 aliphatic heterocycles. The molecule has 0 aliphatic rings. The predicted molar refractivity (Wildman–Crippen MR) is 237 cm³/mol. The number of aliphatic imine (C=N–C) groups is 2. The zero-order chi connectivity index (χ0) is 37.9. The van der Waals surface area contributed by atoms with Crippen LogP contribution in [0.25, 0.3) is 88.4 Å². The van der Waals surface area contributed by atoms with Crippen LogP contribution in [0.5, 0.6) is 0 Å². The number of hydrogen-bond donors (Lipinski definition) is 0. The van der Waals surface area contributed by atoms with Crippen LogP contribution in [-0.4, -0.2) is 30.7 Å². The number of fused-ring (bicyclic) bond motifs is 6. The lowest BCUT2D eigenvalue weighted by atomic mass is 9.94. The largest absolute Gasteiger partial charge is 0.335 e. The summed E-state index contributed by atoms with van der Waals surface area (Å²) in [4.78, 5) is 9.28. The fourth-order valence-corrected chi connectivity index (χ4v) is 8.49. The summed E-state index contributed by atoms with van der Waals surface area (Å²) in [5, 5.41) is 4.95. The second-order valence-electron chi connectivity index (χ2n) is 14.4. The third kappa shape index (κ3) is 5.41. The van der Waals surface area contributed by atoms with Crippen molar-refractivity contribution >= 4 is 67.7 Å². The quantitative estimate of drug-likeness (QED) is 0.147. The summed E-state index contributed by atoms with van der Waals surface area (Å²) in [6, 6.07) is 53.3. The van der Waals surface area contributed by atoms with Gasteiger partial charge in [-0.3, -0.25) is 0 Å². The molecule has 0 radical (unpaired) electrons. The summed E-state index contributed by atoms with van der Waals surface area (Å²) in [5.41, 5.74) is 13.6. The van der Waals surface area contributed by atoms with Gasteiger partial charge in [0.15, 0.2) is 0 Å². The average Bonchev–Trinajstić information content (AvgIpc) is 3.98. The molecule has 0 N–H and O–H groups in total. The summed E-state index contributed by atoms with van der Waals surface area (Å²) in [7, 11) is 4.10. The van der Waals surface area contributed by atoms with E-state index in [1.54, 1.807) is 0 Å². The van der Waals surface area contributed by atoms with Crippen LogP contribution in [0.1, 0.15) is 13.8 Å². The third-order valence-corrected chi connectivity index (χ3v) is 11.0. The fourth-order valence-electron chi connectivity index (χ4n) is 8.49. The van der Waals surface area contributed by atoms with E-state index < -0.39 is 0 Å². The number of nitrogens with zero attached hydrogens (tertiary/aromatic N) is 6. The number of para-hydroxylation sites is 4. The van der Waals surface area contributed by atoms with E-state index in [9.17, 15) is 0 Å². The van der Waals surface area contributed by atoms with E-state index in [1.165, 1.54) is 43.6 Å². The van der Waals surface area contributed by atoms with Crippen molar-refractivity contribution in [2.75, 3.05) is 0 Å². The van der Waals surface area contributed by atoms with Crippen molar-refractivity contribution in [3.63, 3.8) is 0 Å². The van der Waals surface area contributed by atoms with Gasteiger partial charge in [0.1, 0.15) is 11.6 Å². The van der Waals surface area contributed by atoms with E-state index >= 15 is 0 Å². The molecular formula is C50H40N6. The van der Waals surface area contributed by atoms with Gasteiger partial charge in [-0.2, -0.15) is 0 Å². The van der Waals surface area contributed by atoms with Gasteiger partial charge < -0.3 is 18.3 Å². The van der Waals surface area contributed by atoms with Crippen molar-refractivity contribution in [3.8, 4) is 44.8 Å². The number of benzene rings is 6. The van der Waals surface area contributed by atoms with Crippen LogP contribution in [0, 0.1) is 0 Å². The molecule has 6 aromatic carbocycles. The van der Waals surface area contributed by atoms with Crippen LogP contribution in [0.4, 0.5) is 11.6 Å². The van der Waals surface area contributed by atoms with Crippen molar-refractivity contribution in [1.29, 1.82) is 0 Å². The van der Waals surface area contributed by atoms with Gasteiger partial charge in [0.05, 0.1) is 22.1 Å². The molecule has 0 atom stereocenters. The summed E-state index contributed by atoms with van der Waals surface area (Å²) in [6.45, 7) is 3.91. The van der Waals surface area contributed by atoms with Gasteiger partial charge in [0.25, 0.3) is 0 Å². The molecule has 0 saturated heterocycles. The lowest BCUT2D eigenvalue weighted by Crippen LogP contribution is -2.00. The minimum absolute atomic E-state index is 0.913. The topological polar surface area (TPSA) is 44.4 Å². The van der Waals surface area contributed by atoms with E-state index in [4.69, 9.17) is 0 Å². The first-order valence-electron chi connectivity index (χ1n) is 19.1. The first kappa shape index (κ1) is 33.4. The number of aromatic nitrogens is 4. The SMILES string of the molecule is C/C=N\c1cc(-c2cc(-c3cc(-n4c5ccccc5c5ccccc54)cc(-n4c5ccccc5c5ccccc54)c3)cc(-c3cc(/N=C\C)n(C)c3)c2)cn1C. The van der Waals surface area contributed by atoms with Gasteiger partial charge in [-0.05, 0) is 109 Å². The average molecular weight is 725 g/mol. The number of rotatable bonds is 7. The van der Waals surface area contributed by atoms with Crippen LogP contribution in [-0.2, 0) is 14.1 Å². The molecule has 10 aromatic rings. The molecule has 4 aromatic heterocycles. The molecule has 0 bridgehead atoms. The smallest absolute Gasteiger partial charge is 0.132 e. The number of hydrogen-bond acceptors (Lipinski definition) is 2. The molecule has 56 heavy (non-hydrogen) atoms. The zero-order valence-electron chi connectivity index (χ0n) is 31.8. The molecule has 270 valence electrons. The lowest BCUT2D eigenvalue weighted by Gasteiger charge is -2.17. The molecule has 0 aliphatic carbocycles. The highest BCUT2D eigenvalue weighted by molar-refractivity contribution is 6.10. The highest BCUT2D eigenvalue weighted by Crippen LogP contribution is 2.40. The second kappa shape index (κ2) is 13.3. The van der Waals surface area contributed by atoms with E-state index in [0.717, 1.165) is 56.4 Å². The fraction of sp³-hybridized carbons (Fsp3) is 0.0800. The van der Waals surface area contributed by atoms with Gasteiger partial charge in [0.2, 0.25) is 0 Å². The Kier molecular flexibility index (Phi) is 7.92. The maximum Gasteiger partial charge on any atom is 0.132 e. The summed E-state index contributed by atoms with van der Waals surface area (Å²) in [5.74, 6) is 1.83. The first-order chi connectivity index (χ1) is 27.5. The summed E-state index contributed by atoms with van der Waals surface area (Å²) in [6.07, 6.45) is 8.02. The Morgan fingerprint density at radius 2 is 0.696 bits per heavy atom. The van der Waals surface area contributed by atoms with Gasteiger partial charge >= 0.3 is 0 Å². The van der Waals surface area contributed by atoms with Gasteiger partial charge in [-0.25, -0.2) is 9.98 Å². The van der Waals surface area contributed by atoms with Crippen LogP contribution in [0.15, 0.2) is 168 Å². The predicted octanol–water partition coefficient (Wildman–Crippen LogP) is 13.0. The van der Waals surface area contributed by atoms with Gasteiger partial charge in [-0.15, -0.1) is 0 Å². The van der Waals surface area contributed by atoms with Crippen molar-refractivity contribution < 1.29 is 0 Å². The highest BCUT2D eigenvalue weighted by Gasteiger charge is 2.19. The van der Waals surface area contributed by atoms with E-state index in [-0.39, 0.29) is 0 Å². The van der Waals surface area contributed by atoms with Crippen LogP contribution < -0.4 is 0 Å². The van der Waals surface area contributed by atoms with Crippen LogP contribution in [0.2, 0.25) is 0 Å². The van der Waals surface area contributed by atoms with E-state index in [0.29, 0.717) is 0 Å². The Bertz CT molecular complexity index is 2880. The maximum atomic E-state index is 4.64. The summed E-state index contributed by atoms with van der Waals surface area (Å²) < 4.78 is 9.02. The molecular weight excluding hydrogens is 685 g/mol. The Morgan fingerprint density at radius 1 is 0.375 bits per heavy atom. The molecule has 0 saturated carbocycles. The van der Waals surface area contributed by atoms with Gasteiger partial charge in [-0.1, -0.05) is 72.8 Å². The molecule has 0 amide bonds. The van der Waals surface area contributed by atoms with Crippen LogP contribution in [0.3, 0.4) is 0 Å². The second-order valence-corrected chi connectivity index (χ2v) is 14.4. The molecule has 0 fully saturated rings.